The molecule has 114 valence electrons. The summed E-state index contributed by atoms with van der Waals surface area (Å²) in [6.07, 6.45) is 2.20. The van der Waals surface area contributed by atoms with Crippen LogP contribution in [0.2, 0.25) is 0 Å². The number of hydrogen-bond acceptors (Lipinski definition) is 4. The van der Waals surface area contributed by atoms with E-state index in [1.807, 2.05) is 0 Å². The Kier molecular flexibility index (Phi) is 3.27. The van der Waals surface area contributed by atoms with Crippen LogP contribution < -0.4 is 5.32 Å². The van der Waals surface area contributed by atoms with E-state index in [1.165, 1.54) is 4.90 Å². The minimum atomic E-state index is -3.04. The summed E-state index contributed by atoms with van der Waals surface area (Å²) >= 11 is 0. The number of aromatic nitrogens is 1. The molecule has 2 aliphatic rings. The maximum Gasteiger partial charge on any atom is 0.270 e. The lowest BCUT2D eigenvalue weighted by Gasteiger charge is -2.33. The average Bonchev–Trinajstić information content (AvgIpc) is 3.00. The van der Waals surface area contributed by atoms with E-state index in [-0.39, 0.29) is 29.4 Å². The van der Waals surface area contributed by atoms with Crippen LogP contribution in [0, 0.1) is 0 Å². The van der Waals surface area contributed by atoms with Crippen molar-refractivity contribution in [2.45, 2.75) is 25.0 Å². The highest BCUT2D eigenvalue weighted by atomic mass is 32.2. The molecular weight excluding hydrogens is 294 g/mol. The van der Waals surface area contributed by atoms with Gasteiger partial charge in [-0.2, -0.15) is 0 Å². The van der Waals surface area contributed by atoms with Crippen LogP contribution in [-0.2, 0) is 21.2 Å². The zero-order chi connectivity index (χ0) is 15.2. The number of fused-ring (bicyclic) bond motifs is 1. The Morgan fingerprint density at radius 2 is 2.19 bits per heavy atom. The van der Waals surface area contributed by atoms with Crippen molar-refractivity contribution >= 4 is 21.7 Å². The molecule has 21 heavy (non-hydrogen) atoms. The van der Waals surface area contributed by atoms with Gasteiger partial charge in [-0.3, -0.25) is 9.59 Å². The van der Waals surface area contributed by atoms with E-state index in [2.05, 4.69) is 5.32 Å². The molecule has 0 bridgehead atoms. The number of nitrogens with zero attached hydrogens (tertiary/aromatic N) is 2. The first-order valence-corrected chi connectivity index (χ1v) is 8.62. The maximum atomic E-state index is 12.3. The van der Waals surface area contributed by atoms with Crippen molar-refractivity contribution in [1.29, 1.82) is 0 Å². The molecule has 1 saturated heterocycles. The second kappa shape index (κ2) is 4.87. The lowest BCUT2D eigenvalue weighted by atomic mass is 10.1. The first kappa shape index (κ1) is 14.1. The van der Waals surface area contributed by atoms with Crippen LogP contribution in [0.5, 0.6) is 0 Å². The SMILES string of the molecule is CN1C(=O)c2cccn2CC1C(=O)NC1CCS(=O)(=O)C1. The largest absolute Gasteiger partial charge is 0.350 e. The number of carbonyl (C=O) groups is 2. The van der Waals surface area contributed by atoms with Gasteiger partial charge in [0.25, 0.3) is 5.91 Å². The van der Waals surface area contributed by atoms with E-state index in [4.69, 9.17) is 0 Å². The number of nitrogens with one attached hydrogen (secondary N) is 1. The van der Waals surface area contributed by atoms with Gasteiger partial charge in [-0.15, -0.1) is 0 Å². The maximum absolute atomic E-state index is 12.3. The highest BCUT2D eigenvalue weighted by molar-refractivity contribution is 7.91. The highest BCUT2D eigenvalue weighted by Crippen LogP contribution is 2.18. The van der Waals surface area contributed by atoms with Gasteiger partial charge in [0.05, 0.1) is 18.1 Å². The second-order valence-electron chi connectivity index (χ2n) is 5.59. The zero-order valence-electron chi connectivity index (χ0n) is 11.7. The number of sulfone groups is 1. The molecule has 2 atom stereocenters. The molecule has 1 aromatic rings. The van der Waals surface area contributed by atoms with Gasteiger partial charge in [0.2, 0.25) is 5.91 Å². The molecule has 0 radical (unpaired) electrons. The molecule has 0 aliphatic carbocycles. The lowest BCUT2D eigenvalue weighted by Crippen LogP contribution is -2.55. The third-order valence-corrected chi connectivity index (χ3v) is 5.86. The molecule has 0 saturated carbocycles. The summed E-state index contributed by atoms with van der Waals surface area (Å²) < 4.78 is 24.6. The number of amides is 2. The predicted molar refractivity (Wildman–Crippen MR) is 75.5 cm³/mol. The second-order valence-corrected chi connectivity index (χ2v) is 7.81. The van der Waals surface area contributed by atoms with Crippen LogP contribution in [0.3, 0.4) is 0 Å². The Hall–Kier alpha value is -1.83. The van der Waals surface area contributed by atoms with Gasteiger partial charge in [0.15, 0.2) is 9.84 Å². The highest BCUT2D eigenvalue weighted by Gasteiger charge is 2.36. The van der Waals surface area contributed by atoms with Crippen LogP contribution in [0.1, 0.15) is 16.9 Å². The first-order chi connectivity index (χ1) is 9.87. The summed E-state index contributed by atoms with van der Waals surface area (Å²) in [7, 11) is -1.44. The van der Waals surface area contributed by atoms with E-state index in [0.717, 1.165) is 0 Å². The van der Waals surface area contributed by atoms with Gasteiger partial charge in [-0.25, -0.2) is 8.42 Å². The van der Waals surface area contributed by atoms with Crippen molar-refractivity contribution in [3.8, 4) is 0 Å². The quantitative estimate of drug-likeness (QED) is 0.778. The molecule has 0 spiro atoms. The fraction of sp³-hybridized carbons (Fsp3) is 0.538. The smallest absolute Gasteiger partial charge is 0.270 e. The summed E-state index contributed by atoms with van der Waals surface area (Å²) in [6.45, 7) is 0.385. The van der Waals surface area contributed by atoms with Gasteiger partial charge >= 0.3 is 0 Å². The Morgan fingerprint density at radius 1 is 1.43 bits per heavy atom. The molecule has 3 heterocycles. The zero-order valence-corrected chi connectivity index (χ0v) is 12.5. The van der Waals surface area contributed by atoms with Gasteiger partial charge in [-0.1, -0.05) is 0 Å². The molecule has 2 amide bonds. The predicted octanol–water partition coefficient (Wildman–Crippen LogP) is -0.754. The topological polar surface area (TPSA) is 88.5 Å². The van der Waals surface area contributed by atoms with Crippen LogP contribution in [0.25, 0.3) is 0 Å². The molecule has 7 nitrogen and oxygen atoms in total. The van der Waals surface area contributed by atoms with Crippen LogP contribution in [0.15, 0.2) is 18.3 Å². The average molecular weight is 311 g/mol. The van der Waals surface area contributed by atoms with E-state index in [0.29, 0.717) is 18.7 Å². The minimum Gasteiger partial charge on any atom is -0.350 e. The summed E-state index contributed by atoms with van der Waals surface area (Å²) in [4.78, 5) is 25.9. The Balaban J connectivity index is 1.72. The van der Waals surface area contributed by atoms with Gasteiger partial charge in [-0.05, 0) is 18.6 Å². The Bertz CT molecular complexity index is 694. The van der Waals surface area contributed by atoms with Crippen LogP contribution in [-0.4, -0.2) is 60.3 Å². The summed E-state index contributed by atoms with van der Waals surface area (Å²) in [6, 6.07) is 2.53. The Labute approximate surface area is 122 Å². The van der Waals surface area contributed by atoms with E-state index < -0.39 is 15.9 Å². The van der Waals surface area contributed by atoms with E-state index >= 15 is 0 Å². The number of carbonyl (C=O) groups excluding carboxylic acids is 2. The molecule has 3 rings (SSSR count). The van der Waals surface area contributed by atoms with Crippen molar-refractivity contribution < 1.29 is 18.0 Å². The number of hydrogen-bond donors (Lipinski definition) is 1. The third-order valence-electron chi connectivity index (χ3n) is 4.09. The molecule has 1 fully saturated rings. The molecule has 0 aromatic carbocycles. The number of rotatable bonds is 2. The number of likely N-dealkylation sites (N-methyl/N-ethyl adjacent to an activating group) is 1. The van der Waals surface area contributed by atoms with Crippen LogP contribution >= 0.6 is 0 Å². The lowest BCUT2D eigenvalue weighted by molar-refractivity contribution is -0.126. The standard InChI is InChI=1S/C13H17N3O4S/c1-15-11(7-16-5-2-3-10(16)13(15)18)12(17)14-9-4-6-21(19,20)8-9/h2-3,5,9,11H,4,6-8H2,1H3,(H,14,17). The normalized spacial score (nSPS) is 27.5. The summed E-state index contributed by atoms with van der Waals surface area (Å²) in [5.41, 5.74) is 0.560. The molecule has 8 heteroatoms. The molecular formula is C13H17N3O4S. The molecule has 2 unspecified atom stereocenters. The molecule has 2 aliphatic heterocycles. The van der Waals surface area contributed by atoms with Crippen LogP contribution in [0.4, 0.5) is 0 Å². The van der Waals surface area contributed by atoms with Crippen molar-refractivity contribution in [2.75, 3.05) is 18.6 Å². The fourth-order valence-electron chi connectivity index (χ4n) is 2.86. The van der Waals surface area contributed by atoms with Gasteiger partial charge in [0.1, 0.15) is 11.7 Å². The van der Waals surface area contributed by atoms with Gasteiger partial charge in [0, 0.05) is 19.3 Å². The van der Waals surface area contributed by atoms with Crippen molar-refractivity contribution in [1.82, 2.24) is 14.8 Å². The van der Waals surface area contributed by atoms with E-state index in [9.17, 15) is 18.0 Å². The summed E-state index contributed by atoms with van der Waals surface area (Å²) in [5, 5.41) is 2.75. The monoisotopic (exact) mass is 311 g/mol. The van der Waals surface area contributed by atoms with Crippen molar-refractivity contribution in [2.24, 2.45) is 0 Å². The van der Waals surface area contributed by atoms with Crippen molar-refractivity contribution in [3.05, 3.63) is 24.0 Å². The molecule has 1 aromatic heterocycles. The first-order valence-electron chi connectivity index (χ1n) is 6.80. The molecule has 1 N–H and O–H groups in total. The fourth-order valence-corrected chi connectivity index (χ4v) is 4.54. The third kappa shape index (κ3) is 2.55. The van der Waals surface area contributed by atoms with E-state index in [1.54, 1.807) is 29.9 Å². The Morgan fingerprint density at radius 3 is 2.86 bits per heavy atom. The van der Waals surface area contributed by atoms with Gasteiger partial charge < -0.3 is 14.8 Å². The summed E-state index contributed by atoms with van der Waals surface area (Å²) in [5.74, 6) is -0.408. The van der Waals surface area contributed by atoms with Crippen molar-refractivity contribution in [3.63, 3.8) is 0 Å². The minimum absolute atomic E-state index is 0.0160.